The molecule has 0 amide bonds. The summed E-state index contributed by atoms with van der Waals surface area (Å²) < 4.78 is 11.6. The van der Waals surface area contributed by atoms with E-state index in [-0.39, 0.29) is 0 Å². The van der Waals surface area contributed by atoms with Crippen LogP contribution in [-0.2, 0) is 12.2 Å². The quantitative estimate of drug-likeness (QED) is 0.371. The molecule has 0 aliphatic rings. The topological polar surface area (TPSA) is 65.0 Å². The molecule has 3 heterocycles. The van der Waals surface area contributed by atoms with Crippen LogP contribution in [0.1, 0.15) is 35.7 Å². The van der Waals surface area contributed by atoms with Crippen molar-refractivity contribution in [1.82, 2.24) is 15.2 Å². The summed E-state index contributed by atoms with van der Waals surface area (Å²) in [5, 5.41) is 10.9. The molecule has 0 saturated heterocycles. The number of aryl methyl sites for hydroxylation is 1. The van der Waals surface area contributed by atoms with Gasteiger partial charge in [0.15, 0.2) is 0 Å². The normalized spacial score (nSPS) is 12.4. The van der Waals surface area contributed by atoms with Crippen LogP contribution in [0.25, 0.3) is 10.8 Å². The van der Waals surface area contributed by atoms with Crippen molar-refractivity contribution in [3.8, 4) is 10.8 Å². The van der Waals surface area contributed by atoms with Gasteiger partial charge in [-0.25, -0.2) is 4.98 Å². The lowest BCUT2D eigenvalue weighted by atomic mass is 9.98. The fourth-order valence-corrected chi connectivity index (χ4v) is 4.17. The van der Waals surface area contributed by atoms with Crippen molar-refractivity contribution < 1.29 is 8.83 Å². The predicted octanol–water partition coefficient (Wildman–Crippen LogP) is 5.73. The Morgan fingerprint density at radius 2 is 1.93 bits per heavy atom. The van der Waals surface area contributed by atoms with Gasteiger partial charge in [0.05, 0.1) is 10.6 Å². The molecule has 1 atom stereocenters. The van der Waals surface area contributed by atoms with Crippen molar-refractivity contribution in [2.45, 2.75) is 37.2 Å². The van der Waals surface area contributed by atoms with E-state index in [1.165, 1.54) is 17.3 Å². The van der Waals surface area contributed by atoms with Crippen LogP contribution in [0.15, 0.2) is 61.9 Å². The first kappa shape index (κ1) is 18.0. The number of aromatic nitrogens is 3. The Hall–Kier alpha value is -2.38. The van der Waals surface area contributed by atoms with Crippen molar-refractivity contribution >= 4 is 23.1 Å². The zero-order valence-corrected chi connectivity index (χ0v) is 16.7. The molecule has 1 unspecified atom stereocenters. The maximum atomic E-state index is 5.80. The molecule has 0 spiro atoms. The van der Waals surface area contributed by atoms with Crippen LogP contribution in [0.3, 0.4) is 0 Å². The molecular formula is C20H19N3O2S2. The van der Waals surface area contributed by atoms with Gasteiger partial charge in [-0.2, -0.15) is 0 Å². The van der Waals surface area contributed by atoms with E-state index in [1.54, 1.807) is 11.3 Å². The molecule has 4 aromatic rings. The van der Waals surface area contributed by atoms with Crippen molar-refractivity contribution in [2.75, 3.05) is 0 Å². The third kappa shape index (κ3) is 4.31. The zero-order chi connectivity index (χ0) is 18.6. The summed E-state index contributed by atoms with van der Waals surface area (Å²) in [6.45, 7) is 4.10. The van der Waals surface area contributed by atoms with Crippen LogP contribution < -0.4 is 0 Å². The van der Waals surface area contributed by atoms with Crippen molar-refractivity contribution in [3.05, 3.63) is 70.8 Å². The largest absolute Gasteiger partial charge is 0.440 e. The molecule has 0 aliphatic heterocycles. The number of hydrogen-bond donors (Lipinski definition) is 0. The summed E-state index contributed by atoms with van der Waals surface area (Å²) in [7, 11) is 0. The summed E-state index contributed by atoms with van der Waals surface area (Å²) >= 11 is 3.10. The third-order valence-electron chi connectivity index (χ3n) is 4.25. The molecule has 0 radical (unpaired) electrons. The summed E-state index contributed by atoms with van der Waals surface area (Å²) in [5.41, 5.74) is 2.17. The Balaban J connectivity index is 1.37. The highest BCUT2D eigenvalue weighted by molar-refractivity contribution is 7.98. The van der Waals surface area contributed by atoms with Gasteiger partial charge in [0.1, 0.15) is 5.76 Å². The molecule has 4 rings (SSSR count). The summed E-state index contributed by atoms with van der Waals surface area (Å²) in [4.78, 5) is 5.63. The third-order valence-corrected chi connectivity index (χ3v) is 5.94. The van der Waals surface area contributed by atoms with Gasteiger partial charge >= 0.3 is 0 Å². The van der Waals surface area contributed by atoms with Gasteiger partial charge in [0.2, 0.25) is 11.8 Å². The Labute approximate surface area is 165 Å². The maximum absolute atomic E-state index is 5.80. The molecule has 138 valence electrons. The molecule has 0 fully saturated rings. The van der Waals surface area contributed by atoms with Gasteiger partial charge in [-0.3, -0.25) is 0 Å². The van der Waals surface area contributed by atoms with Gasteiger partial charge in [0, 0.05) is 12.2 Å². The Kier molecular flexibility index (Phi) is 5.40. The summed E-state index contributed by atoms with van der Waals surface area (Å²) in [6, 6.07) is 14.4. The molecular weight excluding hydrogens is 378 g/mol. The molecule has 1 aromatic carbocycles. The van der Waals surface area contributed by atoms with Crippen LogP contribution >= 0.6 is 23.1 Å². The molecule has 27 heavy (non-hydrogen) atoms. The molecule has 0 saturated carbocycles. The van der Waals surface area contributed by atoms with Crippen LogP contribution in [0.4, 0.5) is 0 Å². The van der Waals surface area contributed by atoms with Crippen molar-refractivity contribution in [1.29, 1.82) is 0 Å². The first-order chi connectivity index (χ1) is 13.2. The standard InChI is InChI=1S/C20H19N3O2S2/c1-13(15-7-4-3-5-8-15)11-18-22-23-20(25-18)27-12-16-14(2)24-19(21-16)17-9-6-10-26-17/h3-10,13H,11-12H2,1-2H3. The molecule has 7 heteroatoms. The predicted molar refractivity (Wildman–Crippen MR) is 107 cm³/mol. The molecule has 0 N–H and O–H groups in total. The van der Waals surface area contributed by atoms with Crippen LogP contribution in [0.5, 0.6) is 0 Å². The number of rotatable bonds is 7. The molecule has 0 bridgehead atoms. The van der Waals surface area contributed by atoms with E-state index in [0.717, 1.165) is 22.8 Å². The van der Waals surface area contributed by atoms with Crippen LogP contribution in [-0.4, -0.2) is 15.2 Å². The number of benzene rings is 1. The first-order valence-corrected chi connectivity index (χ1v) is 10.6. The van der Waals surface area contributed by atoms with Gasteiger partial charge < -0.3 is 8.83 Å². The second-order valence-corrected chi connectivity index (χ2v) is 8.14. The van der Waals surface area contributed by atoms with Crippen LogP contribution in [0.2, 0.25) is 0 Å². The number of hydrogen-bond acceptors (Lipinski definition) is 7. The highest BCUT2D eigenvalue weighted by atomic mass is 32.2. The number of nitrogens with zero attached hydrogens (tertiary/aromatic N) is 3. The van der Waals surface area contributed by atoms with Gasteiger partial charge in [-0.05, 0) is 29.9 Å². The fraction of sp³-hybridized carbons (Fsp3) is 0.250. The minimum absolute atomic E-state index is 0.329. The molecule has 0 aliphatic carbocycles. The lowest BCUT2D eigenvalue weighted by Gasteiger charge is -2.08. The number of thioether (sulfide) groups is 1. The molecule has 5 nitrogen and oxygen atoms in total. The lowest BCUT2D eigenvalue weighted by Crippen LogP contribution is -1.98. The van der Waals surface area contributed by atoms with Gasteiger partial charge in [-0.15, -0.1) is 21.5 Å². The smallest absolute Gasteiger partial charge is 0.276 e. The number of oxazole rings is 1. The van der Waals surface area contributed by atoms with Gasteiger partial charge in [-0.1, -0.05) is 55.1 Å². The summed E-state index contributed by atoms with van der Waals surface area (Å²) in [6.07, 6.45) is 0.725. The maximum Gasteiger partial charge on any atom is 0.276 e. The summed E-state index contributed by atoms with van der Waals surface area (Å²) in [5.74, 6) is 3.11. The Bertz CT molecular complexity index is 994. The van der Waals surface area contributed by atoms with E-state index in [9.17, 15) is 0 Å². The average molecular weight is 398 g/mol. The lowest BCUT2D eigenvalue weighted by molar-refractivity contribution is 0.404. The van der Waals surface area contributed by atoms with E-state index in [1.807, 2.05) is 42.6 Å². The van der Waals surface area contributed by atoms with E-state index in [4.69, 9.17) is 8.83 Å². The SMILES string of the molecule is Cc1oc(-c2cccs2)nc1CSc1nnc(CC(C)c2ccccc2)o1. The van der Waals surface area contributed by atoms with E-state index < -0.39 is 0 Å². The number of thiophene rings is 1. The Morgan fingerprint density at radius 1 is 1.07 bits per heavy atom. The average Bonchev–Trinajstić information content (AvgIpc) is 3.42. The highest BCUT2D eigenvalue weighted by Gasteiger charge is 2.16. The first-order valence-electron chi connectivity index (χ1n) is 8.69. The van der Waals surface area contributed by atoms with E-state index >= 15 is 0 Å². The van der Waals surface area contributed by atoms with E-state index in [2.05, 4.69) is 34.2 Å². The monoisotopic (exact) mass is 397 g/mol. The zero-order valence-electron chi connectivity index (χ0n) is 15.1. The minimum atomic E-state index is 0.329. The minimum Gasteiger partial charge on any atom is -0.440 e. The van der Waals surface area contributed by atoms with Gasteiger partial charge in [0.25, 0.3) is 5.22 Å². The van der Waals surface area contributed by atoms with Crippen LogP contribution in [0, 0.1) is 6.92 Å². The molecule has 3 aromatic heterocycles. The second-order valence-electron chi connectivity index (χ2n) is 6.27. The van der Waals surface area contributed by atoms with Crippen molar-refractivity contribution in [2.24, 2.45) is 0 Å². The fourth-order valence-electron chi connectivity index (χ4n) is 2.74. The van der Waals surface area contributed by atoms with Crippen molar-refractivity contribution in [3.63, 3.8) is 0 Å². The Morgan fingerprint density at radius 3 is 2.70 bits per heavy atom. The van der Waals surface area contributed by atoms with E-state index in [0.29, 0.717) is 28.7 Å². The highest BCUT2D eigenvalue weighted by Crippen LogP contribution is 2.29. The second kappa shape index (κ2) is 8.10.